The summed E-state index contributed by atoms with van der Waals surface area (Å²) < 4.78 is 11.1. The van der Waals surface area contributed by atoms with Gasteiger partial charge < -0.3 is 24.4 Å². The summed E-state index contributed by atoms with van der Waals surface area (Å²) in [5.74, 6) is -0.296. The van der Waals surface area contributed by atoms with Crippen LogP contribution in [0.3, 0.4) is 0 Å². The van der Waals surface area contributed by atoms with Gasteiger partial charge in [0.05, 0.1) is 18.2 Å². The molecule has 3 rings (SSSR count). The fraction of sp³-hybridized carbons (Fsp3) is 0.357. The van der Waals surface area contributed by atoms with Gasteiger partial charge in [-0.2, -0.15) is 0 Å². The van der Waals surface area contributed by atoms with Gasteiger partial charge in [0.25, 0.3) is 11.7 Å². The monoisotopic (exact) mass is 478 g/mol. The van der Waals surface area contributed by atoms with Crippen LogP contribution >= 0.6 is 0 Å². The molecule has 0 spiro atoms. The molecule has 7 heteroatoms. The molecule has 1 unspecified atom stereocenters. The van der Waals surface area contributed by atoms with E-state index < -0.39 is 17.7 Å². The summed E-state index contributed by atoms with van der Waals surface area (Å²) in [4.78, 5) is 30.1. The number of likely N-dealkylation sites (N-methyl/N-ethyl adjacent to an activating group) is 1. The van der Waals surface area contributed by atoms with Gasteiger partial charge in [-0.05, 0) is 49.8 Å². The fourth-order valence-electron chi connectivity index (χ4n) is 4.20. The Morgan fingerprint density at radius 3 is 2.40 bits per heavy atom. The minimum atomic E-state index is -0.713. The Balaban J connectivity index is 2.06. The highest BCUT2D eigenvalue weighted by atomic mass is 16.5. The lowest BCUT2D eigenvalue weighted by Gasteiger charge is -2.28. The predicted molar refractivity (Wildman–Crippen MR) is 137 cm³/mol. The SMILES string of the molecule is C=CCOc1ccc(C2/C(=C(\O)c3cccc(OCC)c3)C(=O)C(=O)N2CCN(CC)CC)cc1. The summed E-state index contributed by atoms with van der Waals surface area (Å²) in [5.41, 5.74) is 1.22. The molecule has 1 aliphatic heterocycles. The van der Waals surface area contributed by atoms with Crippen LogP contribution in [0.2, 0.25) is 0 Å². The topological polar surface area (TPSA) is 79.3 Å². The van der Waals surface area contributed by atoms with Crippen LogP contribution in [0, 0.1) is 0 Å². The first-order chi connectivity index (χ1) is 16.9. The second-order valence-electron chi connectivity index (χ2n) is 8.15. The zero-order valence-corrected chi connectivity index (χ0v) is 20.7. The molecular weight excluding hydrogens is 444 g/mol. The van der Waals surface area contributed by atoms with Gasteiger partial charge in [0.2, 0.25) is 0 Å². The number of nitrogens with zero attached hydrogens (tertiary/aromatic N) is 2. The minimum Gasteiger partial charge on any atom is -0.507 e. The van der Waals surface area contributed by atoms with E-state index in [2.05, 4.69) is 25.3 Å². The van der Waals surface area contributed by atoms with Crippen molar-refractivity contribution in [2.45, 2.75) is 26.8 Å². The van der Waals surface area contributed by atoms with Gasteiger partial charge in [-0.15, -0.1) is 0 Å². The third-order valence-electron chi connectivity index (χ3n) is 6.07. The van der Waals surface area contributed by atoms with Crippen molar-refractivity contribution in [1.29, 1.82) is 0 Å². The van der Waals surface area contributed by atoms with Gasteiger partial charge in [0, 0.05) is 18.7 Å². The Kier molecular flexibility index (Phi) is 9.09. The van der Waals surface area contributed by atoms with Crippen molar-refractivity contribution in [2.24, 2.45) is 0 Å². The average Bonchev–Trinajstić information content (AvgIpc) is 3.13. The van der Waals surface area contributed by atoms with Crippen LogP contribution in [0.5, 0.6) is 11.5 Å². The number of carbonyl (C=O) groups excluding carboxylic acids is 2. The molecule has 1 heterocycles. The Morgan fingerprint density at radius 1 is 1.06 bits per heavy atom. The molecule has 1 saturated heterocycles. The van der Waals surface area contributed by atoms with Gasteiger partial charge in [0.15, 0.2) is 0 Å². The number of amides is 1. The van der Waals surface area contributed by atoms with E-state index in [9.17, 15) is 14.7 Å². The van der Waals surface area contributed by atoms with Crippen LogP contribution in [0.4, 0.5) is 0 Å². The molecule has 1 fully saturated rings. The number of benzene rings is 2. The molecule has 0 saturated carbocycles. The van der Waals surface area contributed by atoms with Crippen molar-refractivity contribution in [3.8, 4) is 11.5 Å². The van der Waals surface area contributed by atoms with Crippen LogP contribution in [-0.2, 0) is 9.59 Å². The fourth-order valence-corrected chi connectivity index (χ4v) is 4.20. The number of ketones is 1. The van der Waals surface area contributed by atoms with E-state index in [4.69, 9.17) is 9.47 Å². The third-order valence-corrected chi connectivity index (χ3v) is 6.07. The maximum Gasteiger partial charge on any atom is 0.295 e. The smallest absolute Gasteiger partial charge is 0.295 e. The Bertz CT molecular complexity index is 1070. The summed E-state index contributed by atoms with van der Waals surface area (Å²) in [6, 6.07) is 13.4. The largest absolute Gasteiger partial charge is 0.507 e. The van der Waals surface area contributed by atoms with Crippen molar-refractivity contribution in [3.05, 3.63) is 77.9 Å². The number of hydrogen-bond acceptors (Lipinski definition) is 6. The van der Waals surface area contributed by atoms with Crippen LogP contribution in [-0.4, -0.2) is 66.0 Å². The molecule has 0 aromatic heterocycles. The summed E-state index contributed by atoms with van der Waals surface area (Å²) in [6.45, 7) is 13.1. The number of likely N-dealkylation sites (tertiary alicyclic amines) is 1. The highest BCUT2D eigenvalue weighted by molar-refractivity contribution is 6.46. The van der Waals surface area contributed by atoms with E-state index in [0.717, 1.165) is 18.7 Å². The standard InChI is InChI=1S/C28H34N2O5/c1-5-18-35-22-14-12-20(13-15-22)25-24(26(31)21-10-9-11-23(19-21)34-8-4)27(32)28(33)30(25)17-16-29(6-2)7-3/h5,9-15,19,25,31H,1,6-8,16-18H2,2-4H3/b26-24+. The summed E-state index contributed by atoms with van der Waals surface area (Å²) >= 11 is 0. The number of aliphatic hydroxyl groups is 1. The molecule has 35 heavy (non-hydrogen) atoms. The van der Waals surface area contributed by atoms with Crippen molar-refractivity contribution in [3.63, 3.8) is 0 Å². The van der Waals surface area contributed by atoms with Crippen molar-refractivity contribution >= 4 is 17.4 Å². The van der Waals surface area contributed by atoms with Gasteiger partial charge in [-0.3, -0.25) is 9.59 Å². The van der Waals surface area contributed by atoms with Crippen LogP contribution in [0.25, 0.3) is 5.76 Å². The first-order valence-corrected chi connectivity index (χ1v) is 12.0. The lowest BCUT2D eigenvalue weighted by molar-refractivity contribution is -0.140. The second-order valence-corrected chi connectivity index (χ2v) is 8.15. The minimum absolute atomic E-state index is 0.0722. The van der Waals surface area contributed by atoms with Gasteiger partial charge in [-0.1, -0.05) is 50.8 Å². The van der Waals surface area contributed by atoms with E-state index in [1.807, 2.05) is 19.1 Å². The maximum absolute atomic E-state index is 13.2. The van der Waals surface area contributed by atoms with Crippen molar-refractivity contribution < 1.29 is 24.2 Å². The molecule has 1 aliphatic rings. The molecule has 1 N–H and O–H groups in total. The van der Waals surface area contributed by atoms with E-state index in [1.165, 1.54) is 0 Å². The van der Waals surface area contributed by atoms with Crippen molar-refractivity contribution in [2.75, 3.05) is 39.4 Å². The van der Waals surface area contributed by atoms with Gasteiger partial charge >= 0.3 is 0 Å². The third kappa shape index (κ3) is 5.92. The molecular formula is C28H34N2O5. The summed E-state index contributed by atoms with van der Waals surface area (Å²) in [6.07, 6.45) is 1.66. The number of hydrogen-bond donors (Lipinski definition) is 1. The van der Waals surface area contributed by atoms with E-state index in [1.54, 1.807) is 47.4 Å². The summed E-state index contributed by atoms with van der Waals surface area (Å²) in [5, 5.41) is 11.3. The highest BCUT2D eigenvalue weighted by Gasteiger charge is 2.46. The number of aliphatic hydroxyl groups excluding tert-OH is 1. The number of ether oxygens (including phenoxy) is 2. The van der Waals surface area contributed by atoms with Crippen molar-refractivity contribution in [1.82, 2.24) is 9.80 Å². The molecule has 2 aromatic rings. The average molecular weight is 479 g/mol. The maximum atomic E-state index is 13.2. The van der Waals surface area contributed by atoms with Crippen LogP contribution < -0.4 is 9.47 Å². The predicted octanol–water partition coefficient (Wildman–Crippen LogP) is 4.41. The quantitative estimate of drug-likeness (QED) is 0.211. The molecule has 7 nitrogen and oxygen atoms in total. The molecule has 0 bridgehead atoms. The molecule has 0 radical (unpaired) electrons. The summed E-state index contributed by atoms with van der Waals surface area (Å²) in [7, 11) is 0. The van der Waals surface area contributed by atoms with E-state index >= 15 is 0 Å². The Morgan fingerprint density at radius 2 is 1.77 bits per heavy atom. The molecule has 2 aromatic carbocycles. The highest BCUT2D eigenvalue weighted by Crippen LogP contribution is 2.40. The molecule has 1 atom stereocenters. The van der Waals surface area contributed by atoms with Gasteiger partial charge in [-0.25, -0.2) is 0 Å². The van der Waals surface area contributed by atoms with Crippen LogP contribution in [0.15, 0.2) is 66.8 Å². The van der Waals surface area contributed by atoms with E-state index in [-0.39, 0.29) is 11.3 Å². The van der Waals surface area contributed by atoms with Crippen LogP contribution in [0.1, 0.15) is 37.9 Å². The number of rotatable bonds is 12. The lowest BCUT2D eigenvalue weighted by Crippen LogP contribution is -2.38. The first kappa shape index (κ1) is 26.0. The normalized spacial score (nSPS) is 17.1. The molecule has 1 amide bonds. The van der Waals surface area contributed by atoms with Gasteiger partial charge in [0.1, 0.15) is 23.9 Å². The van der Waals surface area contributed by atoms with E-state index in [0.29, 0.717) is 43.4 Å². The number of Topliss-reactive ketones (excluding diaryl/α,β-unsaturated/α-hetero) is 1. The Labute approximate surface area is 207 Å². The zero-order valence-electron chi connectivity index (χ0n) is 20.7. The second kappa shape index (κ2) is 12.2. The number of carbonyl (C=O) groups is 2. The lowest BCUT2D eigenvalue weighted by atomic mass is 9.95. The molecule has 0 aliphatic carbocycles. The first-order valence-electron chi connectivity index (χ1n) is 12.0. The molecule has 186 valence electrons. The zero-order chi connectivity index (χ0) is 25.4. The Hall–Kier alpha value is -3.58.